The molecule has 1 amide bonds. The van der Waals surface area contributed by atoms with Gasteiger partial charge in [-0.15, -0.1) is 0 Å². The summed E-state index contributed by atoms with van der Waals surface area (Å²) < 4.78 is 43.7. The molecule has 1 saturated heterocycles. The quantitative estimate of drug-likeness (QED) is 0.664. The van der Waals surface area contributed by atoms with Gasteiger partial charge in [0.2, 0.25) is 0 Å². The second kappa shape index (κ2) is 9.45. The van der Waals surface area contributed by atoms with Crippen molar-refractivity contribution in [1.82, 2.24) is 10.2 Å². The van der Waals surface area contributed by atoms with Crippen LogP contribution >= 0.6 is 0 Å². The lowest BCUT2D eigenvalue weighted by molar-refractivity contribution is -0.132. The van der Waals surface area contributed by atoms with Crippen LogP contribution in [0.25, 0.3) is 0 Å². The summed E-state index contributed by atoms with van der Waals surface area (Å²) in [5.74, 6) is 0.306. The molecule has 2 N–H and O–H groups in total. The molecule has 1 fully saturated rings. The monoisotopic (exact) mass is 396 g/mol. The van der Waals surface area contributed by atoms with E-state index in [-0.39, 0.29) is 30.9 Å². The molecule has 0 saturated carbocycles. The van der Waals surface area contributed by atoms with Crippen LogP contribution in [-0.2, 0) is 11.4 Å². The highest BCUT2D eigenvalue weighted by Gasteiger charge is 2.32. The number of amides is 1. The Labute approximate surface area is 161 Å². The lowest BCUT2D eigenvalue weighted by atomic mass is 10.2. The highest BCUT2D eigenvalue weighted by atomic mass is 19.4. The molecule has 1 atom stereocenters. The first kappa shape index (κ1) is 21.6. The zero-order chi connectivity index (χ0) is 20.7. The zero-order valence-corrected chi connectivity index (χ0v) is 15.3. The van der Waals surface area contributed by atoms with Crippen molar-refractivity contribution in [1.29, 1.82) is 0 Å². The summed E-state index contributed by atoms with van der Waals surface area (Å²) in [4.78, 5) is 13.9. The summed E-state index contributed by atoms with van der Waals surface area (Å²) in [5.41, 5.74) is -0.0187. The Hall–Kier alpha value is -2.74. The van der Waals surface area contributed by atoms with E-state index in [1.54, 1.807) is 29.2 Å². The maximum absolute atomic E-state index is 12.7. The van der Waals surface area contributed by atoms with Crippen molar-refractivity contribution in [3.05, 3.63) is 66.4 Å². The van der Waals surface area contributed by atoms with Crippen LogP contribution in [0, 0.1) is 0 Å². The average molecular weight is 396 g/mol. The number of hydrogen-bond acceptors (Lipinski definition) is 4. The van der Waals surface area contributed by atoms with E-state index in [1.165, 1.54) is 0 Å². The van der Waals surface area contributed by atoms with Crippen LogP contribution in [0.15, 0.2) is 60.8 Å². The van der Waals surface area contributed by atoms with Gasteiger partial charge in [-0.3, -0.25) is 4.79 Å². The molecule has 0 radical (unpaired) electrons. The Bertz CT molecular complexity index is 742. The van der Waals surface area contributed by atoms with Gasteiger partial charge in [0.05, 0.1) is 12.2 Å². The minimum atomic E-state index is -4.49. The second-order valence-electron chi connectivity index (χ2n) is 6.39. The fourth-order valence-corrected chi connectivity index (χ4v) is 2.78. The molecule has 1 aliphatic heterocycles. The van der Waals surface area contributed by atoms with Crippen molar-refractivity contribution in [3.8, 4) is 5.75 Å². The van der Waals surface area contributed by atoms with Gasteiger partial charge in [-0.2, -0.15) is 13.2 Å². The van der Waals surface area contributed by atoms with Gasteiger partial charge in [-0.05, 0) is 30.2 Å². The topological polar surface area (TPSA) is 61.8 Å². The van der Waals surface area contributed by atoms with E-state index in [4.69, 9.17) is 9.84 Å². The summed E-state index contributed by atoms with van der Waals surface area (Å²) >= 11 is 0. The van der Waals surface area contributed by atoms with Crippen LogP contribution in [0.2, 0.25) is 0 Å². The number of likely N-dealkylation sites (tertiary alicyclic amines) is 1. The molecule has 1 unspecified atom stereocenters. The molecular weight excluding hydrogens is 373 g/mol. The number of rotatable bonds is 8. The molecule has 1 aromatic carbocycles. The normalized spacial score (nSPS) is 17.4. The molecule has 1 aromatic rings. The van der Waals surface area contributed by atoms with Crippen LogP contribution in [0.1, 0.15) is 12.0 Å². The van der Waals surface area contributed by atoms with E-state index in [1.807, 2.05) is 0 Å². The van der Waals surface area contributed by atoms with Gasteiger partial charge in [0.1, 0.15) is 5.75 Å². The summed E-state index contributed by atoms with van der Waals surface area (Å²) in [6, 6.07) is 6.55. The molecule has 0 aliphatic carbocycles. The van der Waals surface area contributed by atoms with Gasteiger partial charge in [-0.1, -0.05) is 31.4 Å². The Morgan fingerprint density at radius 2 is 2.04 bits per heavy atom. The number of aliphatic hydroxyl groups excluding tert-OH is 1. The predicted octanol–water partition coefficient (Wildman–Crippen LogP) is 2.94. The van der Waals surface area contributed by atoms with E-state index in [2.05, 4.69) is 18.5 Å². The standard InChI is InChI=1S/C20H23F3N2O3/c1-3-16(20(21,22)23)10-14(2)24-17-8-9-25(11-17)19(27)13-28-18-6-4-15(12-26)5-7-18/h3-7,10,17,24,26H,1-2,8-9,11-13H2/b16-10+. The maximum Gasteiger partial charge on any atom is 0.416 e. The molecule has 28 heavy (non-hydrogen) atoms. The number of nitrogens with one attached hydrogen (secondary N) is 1. The van der Waals surface area contributed by atoms with Gasteiger partial charge in [0, 0.05) is 24.8 Å². The van der Waals surface area contributed by atoms with E-state index in [0.29, 0.717) is 25.3 Å². The lowest BCUT2D eigenvalue weighted by Gasteiger charge is -2.18. The molecular formula is C20H23F3N2O3. The number of nitrogens with zero attached hydrogens (tertiary/aromatic N) is 1. The summed E-state index contributed by atoms with van der Waals surface area (Å²) in [6.45, 7) is 7.39. The first-order valence-corrected chi connectivity index (χ1v) is 8.70. The number of alkyl halides is 3. The average Bonchev–Trinajstić information content (AvgIpc) is 3.12. The van der Waals surface area contributed by atoms with Crippen LogP contribution in [0.5, 0.6) is 5.75 Å². The van der Waals surface area contributed by atoms with E-state index >= 15 is 0 Å². The van der Waals surface area contributed by atoms with Gasteiger partial charge in [-0.25, -0.2) is 0 Å². The Morgan fingerprint density at radius 3 is 2.61 bits per heavy atom. The predicted molar refractivity (Wildman–Crippen MR) is 99.5 cm³/mol. The number of benzene rings is 1. The van der Waals surface area contributed by atoms with Crippen LogP contribution in [-0.4, -0.2) is 47.8 Å². The first-order valence-electron chi connectivity index (χ1n) is 8.70. The zero-order valence-electron chi connectivity index (χ0n) is 15.3. The molecule has 1 heterocycles. The number of carbonyl (C=O) groups excluding carboxylic acids is 1. The van der Waals surface area contributed by atoms with Gasteiger partial charge in [0.25, 0.3) is 5.91 Å². The van der Waals surface area contributed by atoms with E-state index in [0.717, 1.165) is 17.7 Å². The van der Waals surface area contributed by atoms with Crippen LogP contribution in [0.4, 0.5) is 13.2 Å². The molecule has 0 bridgehead atoms. The third-order valence-corrected chi connectivity index (χ3v) is 4.28. The summed E-state index contributed by atoms with van der Waals surface area (Å²) in [7, 11) is 0. The minimum Gasteiger partial charge on any atom is -0.484 e. The Morgan fingerprint density at radius 1 is 1.36 bits per heavy atom. The van der Waals surface area contributed by atoms with Gasteiger partial charge >= 0.3 is 6.18 Å². The number of ether oxygens (including phenoxy) is 1. The highest BCUT2D eigenvalue weighted by Crippen LogP contribution is 2.27. The summed E-state index contributed by atoms with van der Waals surface area (Å²) in [6.07, 6.45) is -2.26. The fourth-order valence-electron chi connectivity index (χ4n) is 2.78. The molecule has 2 rings (SSSR count). The number of hydrogen-bond donors (Lipinski definition) is 2. The number of carbonyl (C=O) groups is 1. The Balaban J connectivity index is 1.82. The Kier molecular flexibility index (Phi) is 7.28. The number of allylic oxidation sites excluding steroid dienone is 3. The van der Waals surface area contributed by atoms with Crippen molar-refractivity contribution in [2.24, 2.45) is 0 Å². The van der Waals surface area contributed by atoms with Crippen molar-refractivity contribution < 1.29 is 27.8 Å². The van der Waals surface area contributed by atoms with E-state index in [9.17, 15) is 18.0 Å². The van der Waals surface area contributed by atoms with Crippen molar-refractivity contribution >= 4 is 5.91 Å². The smallest absolute Gasteiger partial charge is 0.416 e. The molecule has 0 aromatic heterocycles. The first-order chi connectivity index (χ1) is 13.2. The lowest BCUT2D eigenvalue weighted by Crippen LogP contribution is -2.36. The van der Waals surface area contributed by atoms with Crippen molar-refractivity contribution in [3.63, 3.8) is 0 Å². The third-order valence-electron chi connectivity index (χ3n) is 4.28. The van der Waals surface area contributed by atoms with Crippen molar-refractivity contribution in [2.75, 3.05) is 19.7 Å². The summed E-state index contributed by atoms with van der Waals surface area (Å²) in [5, 5.41) is 11.9. The van der Waals surface area contributed by atoms with Crippen LogP contribution < -0.4 is 10.1 Å². The number of halogens is 3. The largest absolute Gasteiger partial charge is 0.484 e. The molecule has 5 nitrogen and oxygen atoms in total. The van der Waals surface area contributed by atoms with Crippen LogP contribution in [0.3, 0.4) is 0 Å². The molecule has 8 heteroatoms. The van der Waals surface area contributed by atoms with E-state index < -0.39 is 11.7 Å². The molecule has 152 valence electrons. The third kappa shape index (κ3) is 6.16. The fraction of sp³-hybridized carbons (Fsp3) is 0.350. The van der Waals surface area contributed by atoms with Gasteiger partial charge < -0.3 is 20.1 Å². The molecule has 1 aliphatic rings. The highest BCUT2D eigenvalue weighted by molar-refractivity contribution is 5.78. The second-order valence-corrected chi connectivity index (χ2v) is 6.39. The number of aliphatic hydroxyl groups is 1. The SMILES string of the molecule is C=C/C(=C\C(=C)NC1CCN(C(=O)COc2ccc(CO)cc2)C1)C(F)(F)F. The maximum atomic E-state index is 12.7. The minimum absolute atomic E-state index is 0.0703. The van der Waals surface area contributed by atoms with Gasteiger partial charge in [0.15, 0.2) is 6.61 Å². The van der Waals surface area contributed by atoms with Crippen molar-refractivity contribution in [2.45, 2.75) is 25.2 Å². The molecule has 0 spiro atoms.